The number of halogens is 1. The zero-order valence-electron chi connectivity index (χ0n) is 16.2. The van der Waals surface area contributed by atoms with E-state index in [1.54, 1.807) is 41.3 Å². The minimum absolute atomic E-state index is 0.0921. The van der Waals surface area contributed by atoms with Gasteiger partial charge in [0.1, 0.15) is 0 Å². The summed E-state index contributed by atoms with van der Waals surface area (Å²) in [6.07, 6.45) is 1.99. The average Bonchev–Trinajstić information content (AvgIpc) is 3.37. The number of benzene rings is 2. The summed E-state index contributed by atoms with van der Waals surface area (Å²) in [6, 6.07) is 14.3. The number of hydrogen-bond donors (Lipinski definition) is 3. The van der Waals surface area contributed by atoms with Gasteiger partial charge in [0, 0.05) is 54.0 Å². The summed E-state index contributed by atoms with van der Waals surface area (Å²) in [6.45, 7) is 0.921. The molecular formula is C22H21ClN4O3. The van der Waals surface area contributed by atoms with Gasteiger partial charge in [-0.3, -0.25) is 14.4 Å². The molecule has 2 heterocycles. The minimum Gasteiger partial charge on any atom is -0.361 e. The van der Waals surface area contributed by atoms with Crippen molar-refractivity contribution in [1.29, 1.82) is 0 Å². The van der Waals surface area contributed by atoms with E-state index in [1.807, 2.05) is 18.3 Å². The van der Waals surface area contributed by atoms with E-state index in [0.717, 1.165) is 16.6 Å². The van der Waals surface area contributed by atoms with E-state index in [1.165, 1.54) is 0 Å². The van der Waals surface area contributed by atoms with Crippen molar-refractivity contribution in [3.05, 3.63) is 65.3 Å². The zero-order valence-corrected chi connectivity index (χ0v) is 16.9. The maximum absolute atomic E-state index is 12.4. The maximum Gasteiger partial charge on any atom is 0.251 e. The molecule has 1 unspecified atom stereocenters. The number of H-pyrrole nitrogens is 1. The minimum atomic E-state index is -0.417. The van der Waals surface area contributed by atoms with Gasteiger partial charge in [-0.2, -0.15) is 0 Å². The van der Waals surface area contributed by atoms with Gasteiger partial charge in [-0.05, 0) is 47.9 Å². The number of amides is 3. The van der Waals surface area contributed by atoms with Crippen molar-refractivity contribution < 1.29 is 14.4 Å². The number of nitrogens with zero attached hydrogens (tertiary/aromatic N) is 1. The van der Waals surface area contributed by atoms with Crippen LogP contribution >= 0.6 is 11.6 Å². The van der Waals surface area contributed by atoms with Crippen LogP contribution in [0.5, 0.6) is 0 Å². The number of carbonyl (C=O) groups excluding carboxylic acids is 3. The van der Waals surface area contributed by atoms with Gasteiger partial charge in [0.15, 0.2) is 0 Å². The van der Waals surface area contributed by atoms with Gasteiger partial charge in [-0.1, -0.05) is 17.7 Å². The zero-order chi connectivity index (χ0) is 21.1. The Labute approximate surface area is 178 Å². The summed E-state index contributed by atoms with van der Waals surface area (Å²) in [5, 5.41) is 7.22. The highest BCUT2D eigenvalue weighted by atomic mass is 35.5. The fourth-order valence-electron chi connectivity index (χ4n) is 3.55. The quantitative estimate of drug-likeness (QED) is 0.531. The first-order chi connectivity index (χ1) is 14.5. The predicted octanol–water partition coefficient (Wildman–Crippen LogP) is 2.72. The Morgan fingerprint density at radius 2 is 1.83 bits per heavy atom. The van der Waals surface area contributed by atoms with Crippen LogP contribution in [0.2, 0.25) is 5.02 Å². The number of aromatic amines is 1. The standard InChI is InChI=1S/C22H21ClN4O3/c23-17-3-5-18(6-4-17)27-13-16(12-20(27)28)22(30)26-10-9-25-21(29)15-2-1-14-7-8-24-19(14)11-15/h1-8,11,16,24H,9-10,12-13H2,(H,25,29)(H,26,30). The van der Waals surface area contributed by atoms with Crippen LogP contribution in [0.1, 0.15) is 16.8 Å². The third-order valence-electron chi connectivity index (χ3n) is 5.16. The number of carbonyl (C=O) groups is 3. The van der Waals surface area contributed by atoms with Crippen LogP contribution in [-0.4, -0.2) is 42.3 Å². The van der Waals surface area contributed by atoms with E-state index < -0.39 is 5.92 Å². The number of anilines is 1. The Bertz CT molecular complexity index is 1090. The molecule has 1 aliphatic rings. The summed E-state index contributed by atoms with van der Waals surface area (Å²) in [4.78, 5) is 41.7. The molecule has 0 spiro atoms. The van der Waals surface area contributed by atoms with Gasteiger partial charge < -0.3 is 20.5 Å². The molecule has 0 bridgehead atoms. The molecule has 3 N–H and O–H groups in total. The first-order valence-corrected chi connectivity index (χ1v) is 10.1. The molecule has 1 saturated heterocycles. The molecule has 3 amide bonds. The fraction of sp³-hybridized carbons (Fsp3) is 0.227. The van der Waals surface area contributed by atoms with Crippen LogP contribution in [0.25, 0.3) is 10.9 Å². The van der Waals surface area contributed by atoms with Gasteiger partial charge in [0.25, 0.3) is 5.91 Å². The molecule has 7 nitrogen and oxygen atoms in total. The van der Waals surface area contributed by atoms with Crippen LogP contribution in [-0.2, 0) is 9.59 Å². The highest BCUT2D eigenvalue weighted by Crippen LogP contribution is 2.26. The smallest absolute Gasteiger partial charge is 0.251 e. The second-order valence-corrected chi connectivity index (χ2v) is 7.64. The number of rotatable bonds is 6. The molecule has 1 aliphatic heterocycles. The largest absolute Gasteiger partial charge is 0.361 e. The molecule has 4 rings (SSSR count). The molecule has 0 radical (unpaired) electrons. The Balaban J connectivity index is 1.24. The van der Waals surface area contributed by atoms with Crippen molar-refractivity contribution in [1.82, 2.24) is 15.6 Å². The molecule has 154 valence electrons. The lowest BCUT2D eigenvalue weighted by atomic mass is 10.1. The summed E-state index contributed by atoms with van der Waals surface area (Å²) in [7, 11) is 0. The second-order valence-electron chi connectivity index (χ2n) is 7.21. The third-order valence-corrected chi connectivity index (χ3v) is 5.41. The van der Waals surface area contributed by atoms with Gasteiger partial charge in [-0.15, -0.1) is 0 Å². The van der Waals surface area contributed by atoms with Gasteiger partial charge in [-0.25, -0.2) is 0 Å². The van der Waals surface area contributed by atoms with Crippen LogP contribution in [0.4, 0.5) is 5.69 Å². The highest BCUT2D eigenvalue weighted by Gasteiger charge is 2.34. The Kier molecular flexibility index (Phi) is 5.72. The van der Waals surface area contributed by atoms with E-state index >= 15 is 0 Å². The molecule has 8 heteroatoms. The molecule has 2 aromatic carbocycles. The molecule has 1 atom stereocenters. The van der Waals surface area contributed by atoms with Crippen molar-refractivity contribution >= 4 is 45.9 Å². The fourth-order valence-corrected chi connectivity index (χ4v) is 3.68. The Morgan fingerprint density at radius 1 is 1.07 bits per heavy atom. The lowest BCUT2D eigenvalue weighted by Gasteiger charge is -2.16. The summed E-state index contributed by atoms with van der Waals surface area (Å²) in [5.74, 6) is -0.905. The van der Waals surface area contributed by atoms with Crippen molar-refractivity contribution in [2.24, 2.45) is 5.92 Å². The molecule has 3 aromatic rings. The first-order valence-electron chi connectivity index (χ1n) is 9.70. The van der Waals surface area contributed by atoms with Crippen molar-refractivity contribution in [3.63, 3.8) is 0 Å². The molecule has 30 heavy (non-hydrogen) atoms. The second kappa shape index (κ2) is 8.59. The number of hydrogen-bond acceptors (Lipinski definition) is 3. The van der Waals surface area contributed by atoms with E-state index in [9.17, 15) is 14.4 Å². The third kappa shape index (κ3) is 4.31. The molecule has 0 saturated carbocycles. The normalized spacial score (nSPS) is 16.1. The number of fused-ring (bicyclic) bond motifs is 1. The van der Waals surface area contributed by atoms with Crippen LogP contribution in [0.3, 0.4) is 0 Å². The lowest BCUT2D eigenvalue weighted by Crippen LogP contribution is -2.38. The SMILES string of the molecule is O=C(NCCNC(=O)C1CC(=O)N(c2ccc(Cl)cc2)C1)c1ccc2cc[nH]c2c1. The van der Waals surface area contributed by atoms with Crippen LogP contribution in [0.15, 0.2) is 54.7 Å². The van der Waals surface area contributed by atoms with E-state index in [-0.39, 0.29) is 24.1 Å². The Hall–Kier alpha value is -3.32. The van der Waals surface area contributed by atoms with Gasteiger partial charge >= 0.3 is 0 Å². The van der Waals surface area contributed by atoms with Gasteiger partial charge in [0.05, 0.1) is 5.92 Å². The number of aromatic nitrogens is 1. The van der Waals surface area contributed by atoms with E-state index in [0.29, 0.717) is 30.2 Å². The summed E-state index contributed by atoms with van der Waals surface area (Å²) in [5.41, 5.74) is 2.18. The van der Waals surface area contributed by atoms with Crippen LogP contribution < -0.4 is 15.5 Å². The monoisotopic (exact) mass is 424 g/mol. The van der Waals surface area contributed by atoms with Crippen molar-refractivity contribution in [3.8, 4) is 0 Å². The molecule has 1 fully saturated rings. The number of nitrogens with one attached hydrogen (secondary N) is 3. The van der Waals surface area contributed by atoms with E-state index in [2.05, 4.69) is 15.6 Å². The van der Waals surface area contributed by atoms with Crippen molar-refractivity contribution in [2.75, 3.05) is 24.5 Å². The summed E-state index contributed by atoms with van der Waals surface area (Å²) >= 11 is 5.89. The van der Waals surface area contributed by atoms with Crippen LogP contribution in [0, 0.1) is 5.92 Å². The molecule has 1 aromatic heterocycles. The molecular weight excluding hydrogens is 404 g/mol. The maximum atomic E-state index is 12.4. The first kappa shape index (κ1) is 20.0. The summed E-state index contributed by atoms with van der Waals surface area (Å²) < 4.78 is 0. The predicted molar refractivity (Wildman–Crippen MR) is 116 cm³/mol. The average molecular weight is 425 g/mol. The van der Waals surface area contributed by atoms with Gasteiger partial charge in [0.2, 0.25) is 11.8 Å². The highest BCUT2D eigenvalue weighted by molar-refractivity contribution is 6.30. The molecule has 0 aliphatic carbocycles. The Morgan fingerprint density at radius 3 is 2.63 bits per heavy atom. The topological polar surface area (TPSA) is 94.3 Å². The lowest BCUT2D eigenvalue weighted by molar-refractivity contribution is -0.126. The van der Waals surface area contributed by atoms with E-state index in [4.69, 9.17) is 11.6 Å². The van der Waals surface area contributed by atoms with Crippen molar-refractivity contribution in [2.45, 2.75) is 6.42 Å².